The van der Waals surface area contributed by atoms with Crippen LogP contribution in [0.3, 0.4) is 0 Å². The molecular weight excluding hydrogens is 292 g/mol. The highest BCUT2D eigenvalue weighted by atomic mass is 32.2. The van der Waals surface area contributed by atoms with Crippen molar-refractivity contribution >= 4 is 27.3 Å². The standard InChI is InChI=1S/C14H12N2O2S2/c1-20(17,18)12-5-3-11(4-6-12)19-14-8-10(9-15)2-7-13(14)16/h2-8H,16H2,1H3. The molecule has 2 N–H and O–H groups in total. The molecule has 102 valence electrons. The van der Waals surface area contributed by atoms with E-state index in [1.165, 1.54) is 18.0 Å². The summed E-state index contributed by atoms with van der Waals surface area (Å²) >= 11 is 1.39. The quantitative estimate of drug-likeness (QED) is 0.881. The Morgan fingerprint density at radius 2 is 1.80 bits per heavy atom. The van der Waals surface area contributed by atoms with E-state index in [1.54, 1.807) is 42.5 Å². The van der Waals surface area contributed by atoms with Gasteiger partial charge in [0.2, 0.25) is 0 Å². The van der Waals surface area contributed by atoms with Crippen LogP contribution in [0, 0.1) is 11.3 Å². The van der Waals surface area contributed by atoms with Gasteiger partial charge in [-0.15, -0.1) is 0 Å². The Labute approximate surface area is 122 Å². The summed E-state index contributed by atoms with van der Waals surface area (Å²) in [6.07, 6.45) is 1.17. The zero-order valence-electron chi connectivity index (χ0n) is 10.7. The monoisotopic (exact) mass is 304 g/mol. The summed E-state index contributed by atoms with van der Waals surface area (Å²) < 4.78 is 22.8. The molecule has 0 saturated heterocycles. The maximum Gasteiger partial charge on any atom is 0.175 e. The minimum absolute atomic E-state index is 0.278. The van der Waals surface area contributed by atoms with Crippen molar-refractivity contribution in [3.8, 4) is 6.07 Å². The Morgan fingerprint density at radius 1 is 1.15 bits per heavy atom. The van der Waals surface area contributed by atoms with Crippen molar-refractivity contribution in [3.63, 3.8) is 0 Å². The van der Waals surface area contributed by atoms with Gasteiger partial charge in [-0.2, -0.15) is 5.26 Å². The van der Waals surface area contributed by atoms with E-state index in [4.69, 9.17) is 11.0 Å². The van der Waals surface area contributed by atoms with Gasteiger partial charge >= 0.3 is 0 Å². The number of nitriles is 1. The van der Waals surface area contributed by atoms with Gasteiger partial charge in [0.15, 0.2) is 9.84 Å². The summed E-state index contributed by atoms with van der Waals surface area (Å²) in [6, 6.07) is 13.7. The summed E-state index contributed by atoms with van der Waals surface area (Å²) in [4.78, 5) is 1.91. The fraction of sp³-hybridized carbons (Fsp3) is 0.0714. The number of rotatable bonds is 3. The lowest BCUT2D eigenvalue weighted by molar-refractivity contribution is 0.602. The molecule has 0 bridgehead atoms. The molecule has 0 heterocycles. The third kappa shape index (κ3) is 3.32. The molecule has 0 aliphatic heterocycles. The highest BCUT2D eigenvalue weighted by Gasteiger charge is 2.08. The largest absolute Gasteiger partial charge is 0.398 e. The molecule has 4 nitrogen and oxygen atoms in total. The molecule has 0 aliphatic rings. The average molecular weight is 304 g/mol. The van der Waals surface area contributed by atoms with Crippen molar-refractivity contribution in [1.29, 1.82) is 5.26 Å². The van der Waals surface area contributed by atoms with Crippen molar-refractivity contribution in [1.82, 2.24) is 0 Å². The van der Waals surface area contributed by atoms with Crippen LogP contribution in [0.4, 0.5) is 5.69 Å². The van der Waals surface area contributed by atoms with Crippen molar-refractivity contribution in [2.24, 2.45) is 0 Å². The van der Waals surface area contributed by atoms with E-state index >= 15 is 0 Å². The number of anilines is 1. The lowest BCUT2D eigenvalue weighted by atomic mass is 10.2. The first-order valence-corrected chi connectivity index (χ1v) is 8.38. The van der Waals surface area contributed by atoms with Crippen molar-refractivity contribution in [2.45, 2.75) is 14.7 Å². The maximum absolute atomic E-state index is 11.4. The van der Waals surface area contributed by atoms with E-state index in [0.717, 1.165) is 9.79 Å². The number of benzene rings is 2. The van der Waals surface area contributed by atoms with Crippen LogP contribution in [-0.4, -0.2) is 14.7 Å². The first-order valence-electron chi connectivity index (χ1n) is 5.68. The van der Waals surface area contributed by atoms with Crippen LogP contribution in [-0.2, 0) is 9.84 Å². The molecule has 0 amide bonds. The Kier molecular flexibility index (Phi) is 4.02. The number of nitrogens with zero attached hydrogens (tertiary/aromatic N) is 1. The van der Waals surface area contributed by atoms with Gasteiger partial charge in [0.05, 0.1) is 16.5 Å². The number of nitrogens with two attached hydrogens (primary N) is 1. The summed E-state index contributed by atoms with van der Waals surface area (Å²) in [7, 11) is -3.19. The van der Waals surface area contributed by atoms with Gasteiger partial charge in [0.1, 0.15) is 0 Å². The molecule has 2 aromatic rings. The summed E-state index contributed by atoms with van der Waals surface area (Å²) in [5.74, 6) is 0. The summed E-state index contributed by atoms with van der Waals surface area (Å²) in [5, 5.41) is 8.88. The average Bonchev–Trinajstić information content (AvgIpc) is 2.41. The van der Waals surface area contributed by atoms with Crippen molar-refractivity contribution in [3.05, 3.63) is 48.0 Å². The molecule has 0 unspecified atom stereocenters. The third-order valence-electron chi connectivity index (χ3n) is 2.62. The zero-order chi connectivity index (χ0) is 14.8. The van der Waals surface area contributed by atoms with E-state index in [9.17, 15) is 8.42 Å². The molecule has 0 spiro atoms. The lowest BCUT2D eigenvalue weighted by Crippen LogP contribution is -1.96. The predicted octanol–water partition coefficient (Wildman–Crippen LogP) is 2.70. The number of hydrogen-bond acceptors (Lipinski definition) is 5. The number of nitrogen functional groups attached to an aromatic ring is 1. The molecule has 0 fully saturated rings. The molecule has 20 heavy (non-hydrogen) atoms. The molecule has 0 saturated carbocycles. The van der Waals surface area contributed by atoms with Crippen LogP contribution in [0.25, 0.3) is 0 Å². The van der Waals surface area contributed by atoms with Crippen LogP contribution in [0.5, 0.6) is 0 Å². The Bertz CT molecular complexity index is 776. The zero-order valence-corrected chi connectivity index (χ0v) is 12.3. The van der Waals surface area contributed by atoms with Gasteiger partial charge in [-0.3, -0.25) is 0 Å². The van der Waals surface area contributed by atoms with E-state index in [-0.39, 0.29) is 4.90 Å². The topological polar surface area (TPSA) is 84.0 Å². The second kappa shape index (κ2) is 5.57. The smallest absolute Gasteiger partial charge is 0.175 e. The highest BCUT2D eigenvalue weighted by molar-refractivity contribution is 7.99. The van der Waals surface area contributed by atoms with Crippen LogP contribution in [0.2, 0.25) is 0 Å². The second-order valence-electron chi connectivity index (χ2n) is 4.21. The van der Waals surface area contributed by atoms with Crippen LogP contribution >= 0.6 is 11.8 Å². The first-order chi connectivity index (χ1) is 9.40. The van der Waals surface area contributed by atoms with Gasteiger partial charge in [0, 0.05) is 21.7 Å². The van der Waals surface area contributed by atoms with Crippen molar-refractivity contribution in [2.75, 3.05) is 12.0 Å². The van der Waals surface area contributed by atoms with Gasteiger partial charge in [-0.05, 0) is 42.5 Å². The Balaban J connectivity index is 2.29. The van der Waals surface area contributed by atoms with E-state index in [2.05, 4.69) is 6.07 Å². The lowest BCUT2D eigenvalue weighted by Gasteiger charge is -2.06. The van der Waals surface area contributed by atoms with E-state index < -0.39 is 9.84 Å². The summed E-state index contributed by atoms with van der Waals surface area (Å²) in [5.41, 5.74) is 6.99. The molecule has 2 aromatic carbocycles. The van der Waals surface area contributed by atoms with Gasteiger partial charge in [-0.25, -0.2) is 8.42 Å². The molecule has 0 aromatic heterocycles. The molecule has 6 heteroatoms. The molecule has 0 atom stereocenters. The molecular formula is C14H12N2O2S2. The SMILES string of the molecule is CS(=O)(=O)c1ccc(Sc2cc(C#N)ccc2N)cc1. The first kappa shape index (κ1) is 14.4. The predicted molar refractivity (Wildman–Crippen MR) is 79.2 cm³/mol. The Morgan fingerprint density at radius 3 is 2.35 bits per heavy atom. The summed E-state index contributed by atoms with van der Waals surface area (Å²) in [6.45, 7) is 0. The maximum atomic E-state index is 11.4. The fourth-order valence-corrected chi connectivity index (χ4v) is 3.10. The molecule has 0 radical (unpaired) electrons. The fourth-order valence-electron chi connectivity index (χ4n) is 1.57. The highest BCUT2D eigenvalue weighted by Crippen LogP contribution is 2.33. The number of hydrogen-bond donors (Lipinski definition) is 1. The minimum Gasteiger partial charge on any atom is -0.398 e. The van der Waals surface area contributed by atoms with E-state index in [0.29, 0.717) is 11.3 Å². The number of sulfone groups is 1. The van der Waals surface area contributed by atoms with Gasteiger partial charge in [0.25, 0.3) is 0 Å². The van der Waals surface area contributed by atoms with Crippen LogP contribution in [0.15, 0.2) is 57.2 Å². The van der Waals surface area contributed by atoms with Crippen LogP contribution < -0.4 is 5.73 Å². The molecule has 0 aliphatic carbocycles. The second-order valence-corrected chi connectivity index (χ2v) is 7.34. The van der Waals surface area contributed by atoms with Crippen LogP contribution in [0.1, 0.15) is 5.56 Å². The normalized spacial score (nSPS) is 11.0. The van der Waals surface area contributed by atoms with E-state index in [1.807, 2.05) is 0 Å². The van der Waals surface area contributed by atoms with Gasteiger partial charge in [-0.1, -0.05) is 11.8 Å². The molecule has 2 rings (SSSR count). The van der Waals surface area contributed by atoms with Gasteiger partial charge < -0.3 is 5.73 Å². The minimum atomic E-state index is -3.19. The third-order valence-corrected chi connectivity index (χ3v) is 4.83. The van der Waals surface area contributed by atoms with Crippen molar-refractivity contribution < 1.29 is 8.42 Å². The Hall–Kier alpha value is -1.97.